The van der Waals surface area contributed by atoms with Gasteiger partial charge in [0.15, 0.2) is 17.0 Å². The van der Waals surface area contributed by atoms with Crippen molar-refractivity contribution in [3.8, 4) is 5.75 Å². The predicted molar refractivity (Wildman–Crippen MR) is 101 cm³/mol. The van der Waals surface area contributed by atoms with E-state index in [2.05, 4.69) is 0 Å². The molecule has 3 rings (SSSR count). The lowest BCUT2D eigenvalue weighted by Crippen LogP contribution is -2.27. The number of benzene rings is 1. The largest absolute Gasteiger partial charge is 0.503 e. The highest BCUT2D eigenvalue weighted by atomic mass is 19.1. The number of carbonyl (C=O) groups is 1. The molecule has 1 N–H and O–H groups in total. The highest BCUT2D eigenvalue weighted by Gasteiger charge is 2.19. The number of carbonyl (C=O) groups excluding carboxylic acids is 1. The number of hydrogen-bond acceptors (Lipinski definition) is 5. The molecular weight excluding hydrogens is 367 g/mol. The quantitative estimate of drug-likeness (QED) is 0.625. The summed E-state index contributed by atoms with van der Waals surface area (Å²) in [6.45, 7) is 0.554. The molecule has 1 aromatic carbocycles. The summed E-state index contributed by atoms with van der Waals surface area (Å²) in [6.07, 6.45) is 4.57. The van der Waals surface area contributed by atoms with Crippen LogP contribution >= 0.6 is 0 Å². The first-order valence-corrected chi connectivity index (χ1v) is 8.66. The molecule has 0 saturated heterocycles. The van der Waals surface area contributed by atoms with Gasteiger partial charge in [-0.2, -0.15) is 0 Å². The van der Waals surface area contributed by atoms with Gasteiger partial charge in [0, 0.05) is 38.7 Å². The summed E-state index contributed by atoms with van der Waals surface area (Å²) in [4.78, 5) is 37.4. The summed E-state index contributed by atoms with van der Waals surface area (Å²) in [5.41, 5.74) is -1.09. The molecule has 0 fully saturated rings. The fourth-order valence-electron chi connectivity index (χ4n) is 2.91. The molecule has 0 unspecified atom stereocenters. The number of aryl methyl sites for hydroxylation is 1. The molecule has 0 radical (unpaired) electrons. The maximum absolute atomic E-state index is 13.0. The molecule has 28 heavy (non-hydrogen) atoms. The van der Waals surface area contributed by atoms with Crippen LogP contribution in [0.2, 0.25) is 0 Å². The smallest absolute Gasteiger partial charge is 0.278 e. The molecule has 0 amide bonds. The van der Waals surface area contributed by atoms with Crippen molar-refractivity contribution >= 4 is 11.3 Å². The van der Waals surface area contributed by atoms with Crippen LogP contribution < -0.4 is 11.0 Å². The monoisotopic (exact) mass is 386 g/mol. The van der Waals surface area contributed by atoms with Gasteiger partial charge < -0.3 is 18.8 Å². The Morgan fingerprint density at radius 1 is 1.18 bits per heavy atom. The molecule has 2 heterocycles. The Morgan fingerprint density at radius 2 is 1.89 bits per heavy atom. The van der Waals surface area contributed by atoms with Crippen LogP contribution in [-0.2, 0) is 17.7 Å². The van der Waals surface area contributed by atoms with E-state index in [-0.39, 0.29) is 29.9 Å². The first-order chi connectivity index (χ1) is 13.4. The van der Waals surface area contributed by atoms with Gasteiger partial charge in [-0.25, -0.2) is 4.39 Å². The molecular formula is C20H19FN2O5. The number of pyridine rings is 1. The van der Waals surface area contributed by atoms with Crippen LogP contribution in [0.3, 0.4) is 0 Å². The fraction of sp³-hybridized carbons (Fsp3) is 0.250. The maximum atomic E-state index is 13.0. The van der Waals surface area contributed by atoms with Gasteiger partial charge in [0.25, 0.3) is 5.56 Å². The van der Waals surface area contributed by atoms with Crippen molar-refractivity contribution in [2.75, 3.05) is 13.7 Å². The lowest BCUT2D eigenvalue weighted by Gasteiger charge is -2.10. The van der Waals surface area contributed by atoms with Crippen molar-refractivity contribution in [2.45, 2.75) is 19.4 Å². The van der Waals surface area contributed by atoms with Crippen molar-refractivity contribution in [1.29, 1.82) is 0 Å². The van der Waals surface area contributed by atoms with Crippen LogP contribution in [0.15, 0.2) is 52.4 Å². The van der Waals surface area contributed by atoms with Gasteiger partial charge in [0.05, 0.1) is 12.2 Å². The molecule has 0 aliphatic heterocycles. The summed E-state index contributed by atoms with van der Waals surface area (Å²) in [5, 5.41) is 10.3. The second-order valence-corrected chi connectivity index (χ2v) is 6.32. The van der Waals surface area contributed by atoms with E-state index in [0.717, 1.165) is 5.56 Å². The lowest BCUT2D eigenvalue weighted by atomic mass is 10.0. The van der Waals surface area contributed by atoms with Crippen molar-refractivity contribution in [3.63, 3.8) is 0 Å². The van der Waals surface area contributed by atoms with Crippen LogP contribution in [0.4, 0.5) is 4.39 Å². The Kier molecular flexibility index (Phi) is 5.70. The number of nitrogens with zero attached hydrogens (tertiary/aromatic N) is 2. The van der Waals surface area contributed by atoms with E-state index in [0.29, 0.717) is 13.0 Å². The molecule has 2 aromatic heterocycles. The Labute approximate surface area is 159 Å². The predicted octanol–water partition coefficient (Wildman–Crippen LogP) is 1.77. The van der Waals surface area contributed by atoms with E-state index in [1.807, 2.05) is 0 Å². The van der Waals surface area contributed by atoms with Crippen LogP contribution in [-0.4, -0.2) is 33.6 Å². The number of fused-ring (bicyclic) bond motifs is 1. The summed E-state index contributed by atoms with van der Waals surface area (Å²) < 4.78 is 20.5. The van der Waals surface area contributed by atoms with Crippen LogP contribution in [0.25, 0.3) is 5.52 Å². The van der Waals surface area contributed by atoms with Crippen molar-refractivity contribution in [1.82, 2.24) is 8.97 Å². The molecule has 0 atom stereocenters. The number of methoxy groups -OCH3 is 1. The third-order valence-electron chi connectivity index (χ3n) is 4.47. The number of hydrogen-bond donors (Lipinski definition) is 1. The number of aromatic hydroxyl groups is 1. The second-order valence-electron chi connectivity index (χ2n) is 6.32. The molecule has 146 valence electrons. The van der Waals surface area contributed by atoms with E-state index in [9.17, 15) is 23.9 Å². The number of rotatable bonds is 7. The maximum Gasteiger partial charge on any atom is 0.278 e. The summed E-state index contributed by atoms with van der Waals surface area (Å²) in [6, 6.07) is 5.72. The van der Waals surface area contributed by atoms with Gasteiger partial charge in [-0.05, 0) is 24.1 Å². The standard InChI is InChI=1S/C20H19FN2O5/c1-28-11-10-22-8-9-23-12-15(18(25)19(26)17(23)20(22)27)16(24)7-4-13-2-5-14(21)6-3-13/h2-3,5-6,8-9,12,26H,4,7,10-11H2,1H3. The Hall–Kier alpha value is -3.26. The molecule has 3 aromatic rings. The third-order valence-corrected chi connectivity index (χ3v) is 4.47. The third kappa shape index (κ3) is 3.86. The van der Waals surface area contributed by atoms with Crippen molar-refractivity contribution in [3.05, 3.63) is 80.4 Å². The number of aromatic nitrogens is 2. The van der Waals surface area contributed by atoms with E-state index in [4.69, 9.17) is 4.74 Å². The average molecular weight is 386 g/mol. The number of halogens is 1. The van der Waals surface area contributed by atoms with Gasteiger partial charge in [-0.3, -0.25) is 14.4 Å². The molecule has 8 heteroatoms. The first-order valence-electron chi connectivity index (χ1n) is 8.66. The van der Waals surface area contributed by atoms with Crippen LogP contribution in [0.5, 0.6) is 5.75 Å². The van der Waals surface area contributed by atoms with E-state index < -0.39 is 22.5 Å². The highest BCUT2D eigenvalue weighted by Crippen LogP contribution is 2.13. The molecule has 7 nitrogen and oxygen atoms in total. The zero-order valence-corrected chi connectivity index (χ0v) is 15.2. The summed E-state index contributed by atoms with van der Waals surface area (Å²) in [7, 11) is 1.50. The molecule has 0 aliphatic carbocycles. The Bertz CT molecular complexity index is 1130. The number of Topliss-reactive ketones (excluding diaryl/α,β-unsaturated/α-hetero) is 1. The Morgan fingerprint density at radius 3 is 2.57 bits per heavy atom. The topological polar surface area (TPSA) is 90.0 Å². The van der Waals surface area contributed by atoms with Crippen LogP contribution in [0.1, 0.15) is 22.3 Å². The van der Waals surface area contributed by atoms with Gasteiger partial charge in [-0.1, -0.05) is 12.1 Å². The SMILES string of the molecule is COCCn1ccn2cc(C(=O)CCc3ccc(F)cc3)c(=O)c(O)c2c1=O. The minimum atomic E-state index is -0.884. The Balaban J connectivity index is 1.92. The molecule has 0 bridgehead atoms. The summed E-state index contributed by atoms with van der Waals surface area (Å²) in [5.74, 6) is -1.60. The average Bonchev–Trinajstić information content (AvgIpc) is 2.69. The highest BCUT2D eigenvalue weighted by molar-refractivity contribution is 5.96. The van der Waals surface area contributed by atoms with Gasteiger partial charge >= 0.3 is 0 Å². The lowest BCUT2D eigenvalue weighted by molar-refractivity contribution is 0.0981. The second kappa shape index (κ2) is 8.18. The molecule has 0 aliphatic rings. The van der Waals surface area contributed by atoms with Crippen molar-refractivity contribution < 1.29 is 19.0 Å². The van der Waals surface area contributed by atoms with Gasteiger partial charge in [-0.15, -0.1) is 0 Å². The fourth-order valence-corrected chi connectivity index (χ4v) is 2.91. The zero-order valence-electron chi connectivity index (χ0n) is 15.2. The summed E-state index contributed by atoms with van der Waals surface area (Å²) >= 11 is 0. The minimum Gasteiger partial charge on any atom is -0.503 e. The van der Waals surface area contributed by atoms with E-state index >= 15 is 0 Å². The van der Waals surface area contributed by atoms with Crippen molar-refractivity contribution in [2.24, 2.45) is 0 Å². The minimum absolute atomic E-state index is 0.0112. The molecule has 0 saturated carbocycles. The normalized spacial score (nSPS) is 11.1. The zero-order chi connectivity index (χ0) is 20.3. The van der Waals surface area contributed by atoms with Crippen LogP contribution in [0, 0.1) is 5.82 Å². The number of ether oxygens (including phenoxy) is 1. The van der Waals surface area contributed by atoms with Gasteiger partial charge in [0.2, 0.25) is 5.43 Å². The number of ketones is 1. The van der Waals surface area contributed by atoms with E-state index in [1.165, 1.54) is 46.8 Å². The van der Waals surface area contributed by atoms with E-state index in [1.54, 1.807) is 12.1 Å². The first kappa shape index (κ1) is 19.5. The molecule has 0 spiro atoms. The van der Waals surface area contributed by atoms with Gasteiger partial charge in [0.1, 0.15) is 5.82 Å².